The zero-order chi connectivity index (χ0) is 12.1. The van der Waals surface area contributed by atoms with Crippen molar-refractivity contribution in [2.24, 2.45) is 0 Å². The third kappa shape index (κ3) is 3.39. The first-order valence-electron chi connectivity index (χ1n) is 5.82. The van der Waals surface area contributed by atoms with Gasteiger partial charge in [-0.3, -0.25) is 4.90 Å². The van der Waals surface area contributed by atoms with Crippen LogP contribution in [0.15, 0.2) is 18.2 Å². The van der Waals surface area contributed by atoms with Crippen LogP contribution < -0.4 is 5.73 Å². The fourth-order valence-corrected chi connectivity index (χ4v) is 2.20. The second-order valence-corrected chi connectivity index (χ2v) is 4.65. The first-order valence-corrected chi connectivity index (χ1v) is 6.20. The van der Waals surface area contributed by atoms with E-state index < -0.39 is 0 Å². The Morgan fingerprint density at radius 3 is 2.44 bits per heavy atom. The van der Waals surface area contributed by atoms with E-state index >= 15 is 0 Å². The summed E-state index contributed by atoms with van der Waals surface area (Å²) in [5, 5.41) is 0.649. The van der Waals surface area contributed by atoms with Crippen molar-refractivity contribution in [1.29, 1.82) is 0 Å². The fourth-order valence-electron chi connectivity index (χ4n) is 2.00. The first-order chi connectivity index (χ1) is 7.58. The van der Waals surface area contributed by atoms with Gasteiger partial charge in [0, 0.05) is 12.6 Å². The normalized spacial score (nSPS) is 11.4. The van der Waals surface area contributed by atoms with Crippen LogP contribution in [0.25, 0.3) is 0 Å². The number of hydrogen-bond donors (Lipinski definition) is 1. The van der Waals surface area contributed by atoms with Crippen molar-refractivity contribution in [2.75, 3.05) is 12.8 Å². The minimum Gasteiger partial charge on any atom is -0.398 e. The quantitative estimate of drug-likeness (QED) is 0.798. The zero-order valence-electron chi connectivity index (χ0n) is 10.3. The minimum absolute atomic E-state index is 0.635. The van der Waals surface area contributed by atoms with E-state index in [0.717, 1.165) is 6.54 Å². The number of rotatable bonds is 5. The van der Waals surface area contributed by atoms with E-state index in [-0.39, 0.29) is 0 Å². The molecular weight excluding hydrogens is 220 g/mol. The van der Waals surface area contributed by atoms with E-state index in [1.807, 2.05) is 18.2 Å². The van der Waals surface area contributed by atoms with Crippen LogP contribution in [0.2, 0.25) is 5.02 Å². The molecule has 0 aliphatic carbocycles. The lowest BCUT2D eigenvalue weighted by Gasteiger charge is -2.26. The van der Waals surface area contributed by atoms with Crippen molar-refractivity contribution < 1.29 is 0 Å². The average molecular weight is 241 g/mol. The van der Waals surface area contributed by atoms with Gasteiger partial charge >= 0.3 is 0 Å². The molecule has 0 unspecified atom stereocenters. The topological polar surface area (TPSA) is 29.3 Å². The SMILES string of the molecule is CCC(CC)N(C)Cc1ccc(N)c(Cl)c1. The molecule has 1 aromatic carbocycles. The molecule has 16 heavy (non-hydrogen) atoms. The van der Waals surface area contributed by atoms with Crippen molar-refractivity contribution >= 4 is 17.3 Å². The Labute approximate surface area is 103 Å². The summed E-state index contributed by atoms with van der Waals surface area (Å²) >= 11 is 6.00. The van der Waals surface area contributed by atoms with Gasteiger partial charge in [0.1, 0.15) is 0 Å². The molecule has 2 nitrogen and oxygen atoms in total. The molecule has 0 aliphatic heterocycles. The summed E-state index contributed by atoms with van der Waals surface area (Å²) < 4.78 is 0. The maximum atomic E-state index is 6.00. The van der Waals surface area contributed by atoms with Crippen molar-refractivity contribution in [1.82, 2.24) is 4.90 Å². The highest BCUT2D eigenvalue weighted by atomic mass is 35.5. The van der Waals surface area contributed by atoms with Crippen LogP contribution in [0, 0.1) is 0 Å². The monoisotopic (exact) mass is 240 g/mol. The summed E-state index contributed by atoms with van der Waals surface area (Å²) in [6.45, 7) is 5.37. The van der Waals surface area contributed by atoms with Crippen LogP contribution in [-0.2, 0) is 6.54 Å². The van der Waals surface area contributed by atoms with Crippen LogP contribution >= 0.6 is 11.6 Å². The van der Waals surface area contributed by atoms with E-state index in [1.165, 1.54) is 18.4 Å². The maximum Gasteiger partial charge on any atom is 0.0638 e. The first kappa shape index (κ1) is 13.3. The van der Waals surface area contributed by atoms with E-state index in [0.29, 0.717) is 16.8 Å². The smallest absolute Gasteiger partial charge is 0.0638 e. The summed E-state index contributed by atoms with van der Waals surface area (Å²) in [6.07, 6.45) is 2.35. The molecule has 0 radical (unpaired) electrons. The molecule has 1 aromatic rings. The van der Waals surface area contributed by atoms with Crippen LogP contribution in [0.5, 0.6) is 0 Å². The highest BCUT2D eigenvalue weighted by Crippen LogP contribution is 2.21. The van der Waals surface area contributed by atoms with E-state index in [1.54, 1.807) is 0 Å². The molecule has 0 heterocycles. The molecule has 90 valence electrons. The largest absolute Gasteiger partial charge is 0.398 e. The van der Waals surface area contributed by atoms with E-state index in [9.17, 15) is 0 Å². The predicted octanol–water partition coefficient (Wildman–Crippen LogP) is 3.54. The van der Waals surface area contributed by atoms with Crippen molar-refractivity contribution in [2.45, 2.75) is 39.3 Å². The van der Waals surface area contributed by atoms with Crippen LogP contribution in [0.3, 0.4) is 0 Å². The predicted molar refractivity (Wildman–Crippen MR) is 71.7 cm³/mol. The Morgan fingerprint density at radius 1 is 1.31 bits per heavy atom. The molecule has 1 rings (SSSR count). The molecule has 0 spiro atoms. The molecule has 3 heteroatoms. The lowest BCUT2D eigenvalue weighted by molar-refractivity contribution is 0.222. The molecule has 0 atom stereocenters. The van der Waals surface area contributed by atoms with Crippen molar-refractivity contribution in [3.63, 3.8) is 0 Å². The van der Waals surface area contributed by atoms with Crippen LogP contribution in [0.4, 0.5) is 5.69 Å². The van der Waals surface area contributed by atoms with Gasteiger partial charge in [0.15, 0.2) is 0 Å². The van der Waals surface area contributed by atoms with Crippen molar-refractivity contribution in [3.8, 4) is 0 Å². The second kappa shape index (κ2) is 6.12. The number of hydrogen-bond acceptors (Lipinski definition) is 2. The molecular formula is C13H21ClN2. The van der Waals surface area contributed by atoms with Gasteiger partial charge in [0.05, 0.1) is 10.7 Å². The fraction of sp³-hybridized carbons (Fsp3) is 0.538. The molecule has 0 saturated heterocycles. The Balaban J connectivity index is 2.69. The van der Waals surface area contributed by atoms with Crippen LogP contribution in [-0.4, -0.2) is 18.0 Å². The number of benzene rings is 1. The third-order valence-electron chi connectivity index (χ3n) is 3.06. The summed E-state index contributed by atoms with van der Waals surface area (Å²) in [4.78, 5) is 2.36. The number of halogens is 1. The summed E-state index contributed by atoms with van der Waals surface area (Å²) in [5.41, 5.74) is 7.55. The van der Waals surface area contributed by atoms with E-state index in [4.69, 9.17) is 17.3 Å². The lowest BCUT2D eigenvalue weighted by Crippen LogP contribution is -2.29. The number of nitrogens with two attached hydrogens (primary N) is 1. The summed E-state index contributed by atoms with van der Waals surface area (Å²) in [5.74, 6) is 0. The van der Waals surface area contributed by atoms with Gasteiger partial charge in [-0.2, -0.15) is 0 Å². The third-order valence-corrected chi connectivity index (χ3v) is 3.39. The van der Waals surface area contributed by atoms with Gasteiger partial charge < -0.3 is 5.73 Å². The van der Waals surface area contributed by atoms with Crippen molar-refractivity contribution in [3.05, 3.63) is 28.8 Å². The zero-order valence-corrected chi connectivity index (χ0v) is 11.1. The molecule has 0 aliphatic rings. The highest BCUT2D eigenvalue weighted by molar-refractivity contribution is 6.33. The summed E-state index contributed by atoms with van der Waals surface area (Å²) in [7, 11) is 2.15. The van der Waals surface area contributed by atoms with Gasteiger partial charge in [0.2, 0.25) is 0 Å². The molecule has 0 saturated carbocycles. The molecule has 0 bridgehead atoms. The Kier molecular flexibility index (Phi) is 5.10. The number of nitrogens with zero attached hydrogens (tertiary/aromatic N) is 1. The molecule has 2 N–H and O–H groups in total. The standard InChI is InChI=1S/C13H21ClN2/c1-4-11(5-2)16(3)9-10-6-7-13(15)12(14)8-10/h6-8,11H,4-5,9,15H2,1-3H3. The van der Waals surface area contributed by atoms with Crippen LogP contribution in [0.1, 0.15) is 32.3 Å². The molecule has 0 amide bonds. The Morgan fingerprint density at radius 2 is 1.94 bits per heavy atom. The molecule has 0 fully saturated rings. The second-order valence-electron chi connectivity index (χ2n) is 4.24. The van der Waals surface area contributed by atoms with Gasteiger partial charge in [-0.1, -0.05) is 31.5 Å². The van der Waals surface area contributed by atoms with Gasteiger partial charge in [0.25, 0.3) is 0 Å². The number of anilines is 1. The maximum absolute atomic E-state index is 6.00. The van der Waals surface area contributed by atoms with Gasteiger partial charge in [-0.05, 0) is 37.6 Å². The lowest BCUT2D eigenvalue weighted by atomic mass is 10.1. The minimum atomic E-state index is 0.635. The average Bonchev–Trinajstić information content (AvgIpc) is 2.25. The molecule has 0 aromatic heterocycles. The Bertz CT molecular complexity index is 335. The van der Waals surface area contributed by atoms with Gasteiger partial charge in [-0.15, -0.1) is 0 Å². The number of nitrogen functional groups attached to an aromatic ring is 1. The highest BCUT2D eigenvalue weighted by Gasteiger charge is 2.10. The summed E-state index contributed by atoms with van der Waals surface area (Å²) in [6, 6.07) is 6.50. The Hall–Kier alpha value is -0.730. The van der Waals surface area contributed by atoms with E-state index in [2.05, 4.69) is 25.8 Å². The van der Waals surface area contributed by atoms with Gasteiger partial charge in [-0.25, -0.2) is 0 Å².